The number of aryl methyl sites for hydroxylation is 2. The van der Waals surface area contributed by atoms with E-state index in [0.717, 1.165) is 11.4 Å². The third-order valence-electron chi connectivity index (χ3n) is 6.34. The lowest BCUT2D eigenvalue weighted by molar-refractivity contribution is -0.117. The van der Waals surface area contributed by atoms with Gasteiger partial charge >= 0.3 is 0 Å². The monoisotopic (exact) mass is 590 g/mol. The van der Waals surface area contributed by atoms with Crippen LogP contribution in [0, 0.1) is 6.92 Å². The number of hydrogen-bond donors (Lipinski definition) is 3. The molecular weight excluding hydrogens is 567 g/mol. The lowest BCUT2D eigenvalue weighted by Gasteiger charge is -2.15. The Morgan fingerprint density at radius 3 is 2.59 bits per heavy atom. The lowest BCUT2D eigenvalue weighted by atomic mass is 10.1. The molecule has 3 heterocycles. The molecule has 5 rings (SSSR count). The topological polar surface area (TPSA) is 162 Å². The van der Waals surface area contributed by atoms with Gasteiger partial charge in [-0.3, -0.25) is 14.3 Å². The average Bonchev–Trinajstić information content (AvgIpc) is 3.68. The maximum Gasteiger partial charge on any atom is 0.248 e. The molecule has 1 atom stereocenters. The highest BCUT2D eigenvalue weighted by molar-refractivity contribution is 6.32. The van der Waals surface area contributed by atoms with Gasteiger partial charge in [-0.15, -0.1) is 5.10 Å². The van der Waals surface area contributed by atoms with Crippen LogP contribution in [0.2, 0.25) is 10.2 Å². The van der Waals surface area contributed by atoms with Crippen molar-refractivity contribution in [2.45, 2.75) is 19.4 Å². The van der Waals surface area contributed by atoms with E-state index in [1.165, 1.54) is 17.1 Å². The van der Waals surface area contributed by atoms with E-state index in [4.69, 9.17) is 33.9 Å². The van der Waals surface area contributed by atoms with E-state index in [1.54, 1.807) is 53.2 Å². The molecular formula is C27H24Cl2N10O2. The minimum Gasteiger partial charge on any atom is -0.366 e. The zero-order chi connectivity index (χ0) is 29.1. The smallest absolute Gasteiger partial charge is 0.248 e. The maximum atomic E-state index is 13.2. The van der Waals surface area contributed by atoms with Gasteiger partial charge in [0.15, 0.2) is 0 Å². The summed E-state index contributed by atoms with van der Waals surface area (Å²) >= 11 is 12.7. The first-order valence-corrected chi connectivity index (χ1v) is 13.1. The first-order chi connectivity index (χ1) is 19.7. The van der Waals surface area contributed by atoms with E-state index in [2.05, 4.69) is 30.9 Å². The first-order valence-electron chi connectivity index (χ1n) is 12.3. The standard InChI is InChI=1S/C27H24Cl2N10O2/c1-15-11-20(35-38(15)2)13-21(27-33-24(25(29)34-27)16-3-5-17(6-4-16)26(30)41)32-23(40)10-7-18-12-19(28)8-9-22(18)39-14-31-36-37-39/h3-12,14,21H,13H2,1-2H3,(H2,30,41)(H,32,40)(H,33,34)/t21-/m0/s1. The molecule has 4 N–H and O–H groups in total. The number of rotatable bonds is 9. The molecule has 0 fully saturated rings. The van der Waals surface area contributed by atoms with Gasteiger partial charge in [-0.05, 0) is 59.8 Å². The van der Waals surface area contributed by atoms with Crippen LogP contribution >= 0.6 is 23.2 Å². The molecule has 0 aliphatic heterocycles. The molecule has 2 amide bonds. The Hall–Kier alpha value is -4.81. The van der Waals surface area contributed by atoms with Crippen molar-refractivity contribution >= 4 is 41.1 Å². The molecule has 14 heteroatoms. The number of hydrogen-bond acceptors (Lipinski definition) is 7. The van der Waals surface area contributed by atoms with E-state index in [0.29, 0.717) is 45.3 Å². The van der Waals surface area contributed by atoms with Gasteiger partial charge in [0.25, 0.3) is 0 Å². The van der Waals surface area contributed by atoms with Crippen LogP contribution in [0.4, 0.5) is 0 Å². The Balaban J connectivity index is 1.43. The maximum absolute atomic E-state index is 13.2. The summed E-state index contributed by atoms with van der Waals surface area (Å²) in [5, 5.41) is 19.6. The van der Waals surface area contributed by atoms with Crippen molar-refractivity contribution in [2.24, 2.45) is 12.8 Å². The normalized spacial score (nSPS) is 12.1. The zero-order valence-corrected chi connectivity index (χ0v) is 23.4. The zero-order valence-electron chi connectivity index (χ0n) is 21.9. The van der Waals surface area contributed by atoms with E-state index in [1.807, 2.05) is 20.0 Å². The highest BCUT2D eigenvalue weighted by Crippen LogP contribution is 2.29. The number of primary amides is 1. The number of aromatic nitrogens is 8. The second-order valence-electron chi connectivity index (χ2n) is 9.18. The summed E-state index contributed by atoms with van der Waals surface area (Å²) in [6.45, 7) is 1.94. The van der Waals surface area contributed by atoms with Crippen LogP contribution in [0.1, 0.15) is 39.2 Å². The van der Waals surface area contributed by atoms with Crippen molar-refractivity contribution in [2.75, 3.05) is 0 Å². The average molecular weight is 591 g/mol. The molecule has 0 unspecified atom stereocenters. The third kappa shape index (κ3) is 6.34. The fourth-order valence-corrected chi connectivity index (χ4v) is 4.63. The van der Waals surface area contributed by atoms with Crippen molar-refractivity contribution in [3.8, 4) is 16.9 Å². The molecule has 0 saturated carbocycles. The van der Waals surface area contributed by atoms with Crippen molar-refractivity contribution in [1.82, 2.24) is 45.3 Å². The van der Waals surface area contributed by atoms with Crippen LogP contribution in [0.25, 0.3) is 23.0 Å². The summed E-state index contributed by atoms with van der Waals surface area (Å²) in [6, 6.07) is 13.1. The van der Waals surface area contributed by atoms with Gasteiger partial charge in [0.05, 0.1) is 17.4 Å². The number of amides is 2. The molecule has 0 spiro atoms. The largest absolute Gasteiger partial charge is 0.366 e. The highest BCUT2D eigenvalue weighted by atomic mass is 35.5. The number of imidazole rings is 1. The SMILES string of the molecule is Cc1cc(C[C@H](NC(=O)C=Cc2cc(Cl)ccc2-n2cnnn2)c2nc(-c3ccc(C(N)=O)cc3)c(Cl)[nH]2)nn1C. The van der Waals surface area contributed by atoms with E-state index in [-0.39, 0.29) is 11.1 Å². The number of halogens is 2. The Morgan fingerprint density at radius 2 is 1.93 bits per heavy atom. The second kappa shape index (κ2) is 11.7. The van der Waals surface area contributed by atoms with Gasteiger partial charge in [0.1, 0.15) is 23.0 Å². The minimum atomic E-state index is -0.601. The van der Waals surface area contributed by atoms with E-state index >= 15 is 0 Å². The molecule has 3 aromatic heterocycles. The molecule has 0 radical (unpaired) electrons. The van der Waals surface area contributed by atoms with Gasteiger partial charge in [-0.2, -0.15) is 9.78 Å². The van der Waals surface area contributed by atoms with Crippen molar-refractivity contribution in [1.29, 1.82) is 0 Å². The van der Waals surface area contributed by atoms with Gasteiger partial charge in [0, 0.05) is 47.0 Å². The predicted octanol–water partition coefficient (Wildman–Crippen LogP) is 3.61. The fraction of sp³-hybridized carbons (Fsp3) is 0.148. The summed E-state index contributed by atoms with van der Waals surface area (Å²) < 4.78 is 3.23. The lowest BCUT2D eigenvalue weighted by Crippen LogP contribution is -2.29. The van der Waals surface area contributed by atoms with Crippen LogP contribution in [-0.4, -0.2) is 51.8 Å². The van der Waals surface area contributed by atoms with Crippen LogP contribution in [-0.2, 0) is 18.3 Å². The van der Waals surface area contributed by atoms with Crippen LogP contribution in [0.3, 0.4) is 0 Å². The number of nitrogens with two attached hydrogens (primary N) is 1. The number of nitrogens with zero attached hydrogens (tertiary/aromatic N) is 7. The van der Waals surface area contributed by atoms with Crippen LogP contribution in [0.15, 0.2) is 60.9 Å². The van der Waals surface area contributed by atoms with Gasteiger partial charge < -0.3 is 16.0 Å². The Morgan fingerprint density at radius 1 is 1.15 bits per heavy atom. The van der Waals surface area contributed by atoms with Gasteiger partial charge in [-0.25, -0.2) is 4.98 Å². The molecule has 0 saturated heterocycles. The summed E-state index contributed by atoms with van der Waals surface area (Å²) in [5.41, 5.74) is 9.88. The molecule has 0 bridgehead atoms. The van der Waals surface area contributed by atoms with Crippen molar-refractivity contribution in [3.05, 3.63) is 99.4 Å². The van der Waals surface area contributed by atoms with Gasteiger partial charge in [-0.1, -0.05) is 35.3 Å². The molecule has 41 heavy (non-hydrogen) atoms. The van der Waals surface area contributed by atoms with Crippen LogP contribution < -0.4 is 11.1 Å². The number of aromatic amines is 1. The third-order valence-corrected chi connectivity index (χ3v) is 6.85. The quantitative estimate of drug-likeness (QED) is 0.221. The summed E-state index contributed by atoms with van der Waals surface area (Å²) in [6.07, 6.45) is 4.81. The van der Waals surface area contributed by atoms with Gasteiger partial charge in [0.2, 0.25) is 11.8 Å². The van der Waals surface area contributed by atoms with Crippen molar-refractivity contribution in [3.63, 3.8) is 0 Å². The number of nitrogens with one attached hydrogen (secondary N) is 2. The molecule has 2 aromatic carbocycles. The highest BCUT2D eigenvalue weighted by Gasteiger charge is 2.22. The van der Waals surface area contributed by atoms with Crippen molar-refractivity contribution < 1.29 is 9.59 Å². The van der Waals surface area contributed by atoms with E-state index in [9.17, 15) is 9.59 Å². The number of carbonyl (C=O) groups excluding carboxylic acids is 2. The molecule has 12 nitrogen and oxygen atoms in total. The number of carbonyl (C=O) groups is 2. The van der Waals surface area contributed by atoms with E-state index < -0.39 is 11.9 Å². The summed E-state index contributed by atoms with van der Waals surface area (Å²) in [5.74, 6) is -0.481. The second-order valence-corrected chi connectivity index (χ2v) is 10.00. The molecule has 0 aliphatic carbocycles. The minimum absolute atomic E-state index is 0.281. The predicted molar refractivity (Wildman–Crippen MR) is 153 cm³/mol. The Labute approximate surface area is 244 Å². The fourth-order valence-electron chi connectivity index (χ4n) is 4.20. The number of H-pyrrole nitrogens is 1. The molecule has 208 valence electrons. The Kier molecular flexibility index (Phi) is 7.95. The molecule has 5 aromatic rings. The molecule has 0 aliphatic rings. The number of tetrazole rings is 1. The Bertz CT molecular complexity index is 1720. The first kappa shape index (κ1) is 27.7. The summed E-state index contributed by atoms with van der Waals surface area (Å²) in [4.78, 5) is 32.4. The summed E-state index contributed by atoms with van der Waals surface area (Å²) in [7, 11) is 1.85. The van der Waals surface area contributed by atoms with Crippen LogP contribution in [0.5, 0.6) is 0 Å². The number of benzene rings is 2.